The van der Waals surface area contributed by atoms with E-state index >= 15 is 0 Å². The Balaban J connectivity index is 2.33. The van der Waals surface area contributed by atoms with Crippen LogP contribution in [0.5, 0.6) is 0 Å². The molecule has 1 N–H and O–H groups in total. The molecule has 22 heavy (non-hydrogen) atoms. The molecule has 5 heteroatoms. The summed E-state index contributed by atoms with van der Waals surface area (Å²) in [5, 5.41) is 10.2. The van der Waals surface area contributed by atoms with Gasteiger partial charge < -0.3 is 5.11 Å². The molecule has 0 saturated carbocycles. The molecule has 0 aliphatic rings. The molecule has 120 valence electrons. The molecule has 0 radical (unpaired) electrons. The number of rotatable bonds is 5. The Bertz CT molecular complexity index is 614. The Labute approximate surface area is 132 Å². The van der Waals surface area contributed by atoms with Crippen molar-refractivity contribution in [2.75, 3.05) is 0 Å². The van der Waals surface area contributed by atoms with Gasteiger partial charge in [-0.3, -0.25) is 0 Å². The van der Waals surface area contributed by atoms with Crippen LogP contribution in [0.25, 0.3) is 10.4 Å². The highest BCUT2D eigenvalue weighted by Gasteiger charge is 2.30. The van der Waals surface area contributed by atoms with Crippen molar-refractivity contribution in [1.82, 2.24) is 0 Å². The molecule has 0 spiro atoms. The number of aryl methyl sites for hydroxylation is 1. The minimum Gasteiger partial charge on any atom is -0.388 e. The Morgan fingerprint density at radius 3 is 2.27 bits per heavy atom. The molecule has 0 aliphatic carbocycles. The fourth-order valence-electron chi connectivity index (χ4n) is 2.37. The van der Waals surface area contributed by atoms with E-state index in [1.54, 1.807) is 0 Å². The SMILES string of the molecule is CCCC(O)c1sc(-c2ccc(C(F)(F)F)cc2)cc1CC. The Hall–Kier alpha value is -1.33. The van der Waals surface area contributed by atoms with Crippen LogP contribution in [-0.4, -0.2) is 5.11 Å². The monoisotopic (exact) mass is 328 g/mol. The van der Waals surface area contributed by atoms with E-state index in [0.29, 0.717) is 6.42 Å². The number of aliphatic hydroxyl groups excluding tert-OH is 1. The number of hydrogen-bond donors (Lipinski definition) is 1. The van der Waals surface area contributed by atoms with Crippen molar-refractivity contribution < 1.29 is 18.3 Å². The van der Waals surface area contributed by atoms with Crippen molar-refractivity contribution in [3.8, 4) is 10.4 Å². The first-order valence-electron chi connectivity index (χ1n) is 7.35. The molecule has 1 heterocycles. The summed E-state index contributed by atoms with van der Waals surface area (Å²) >= 11 is 1.47. The molecular formula is C17H19F3OS. The van der Waals surface area contributed by atoms with Gasteiger partial charge in [0.05, 0.1) is 11.7 Å². The molecule has 0 amide bonds. The van der Waals surface area contributed by atoms with Crippen LogP contribution in [0.3, 0.4) is 0 Å². The molecule has 0 fully saturated rings. The second kappa shape index (κ2) is 6.84. The van der Waals surface area contributed by atoms with Crippen molar-refractivity contribution in [3.63, 3.8) is 0 Å². The lowest BCUT2D eigenvalue weighted by atomic mass is 10.1. The first-order valence-corrected chi connectivity index (χ1v) is 8.16. The molecular weight excluding hydrogens is 309 g/mol. The van der Waals surface area contributed by atoms with Crippen molar-refractivity contribution in [2.24, 2.45) is 0 Å². The largest absolute Gasteiger partial charge is 0.416 e. The fraction of sp³-hybridized carbons (Fsp3) is 0.412. The molecule has 0 aliphatic heterocycles. The fourth-order valence-corrected chi connectivity index (χ4v) is 3.65. The van der Waals surface area contributed by atoms with E-state index in [0.717, 1.165) is 45.9 Å². The third kappa shape index (κ3) is 3.70. The maximum absolute atomic E-state index is 12.6. The van der Waals surface area contributed by atoms with Gasteiger partial charge in [0, 0.05) is 9.75 Å². The molecule has 1 nitrogen and oxygen atoms in total. The lowest BCUT2D eigenvalue weighted by Gasteiger charge is -2.08. The zero-order valence-corrected chi connectivity index (χ0v) is 13.4. The number of hydrogen-bond acceptors (Lipinski definition) is 2. The zero-order valence-electron chi connectivity index (χ0n) is 12.6. The maximum atomic E-state index is 12.6. The normalized spacial score (nSPS) is 13.4. The Kier molecular flexibility index (Phi) is 5.29. The van der Waals surface area contributed by atoms with Crippen LogP contribution in [0.15, 0.2) is 30.3 Å². The van der Waals surface area contributed by atoms with Crippen LogP contribution in [0.1, 0.15) is 48.8 Å². The van der Waals surface area contributed by atoms with E-state index in [1.165, 1.54) is 23.5 Å². The van der Waals surface area contributed by atoms with Gasteiger partial charge in [-0.05, 0) is 42.2 Å². The van der Waals surface area contributed by atoms with Gasteiger partial charge in [-0.15, -0.1) is 11.3 Å². The standard InChI is InChI=1S/C17H19F3OS/c1-3-5-14(21)16-11(4-2)10-15(22-16)12-6-8-13(9-7-12)17(18,19)20/h6-10,14,21H,3-5H2,1-2H3. The number of benzene rings is 1. The predicted octanol–water partition coefficient (Wildman–Crippen LogP) is 5.83. The third-order valence-corrected chi connectivity index (χ3v) is 4.91. The van der Waals surface area contributed by atoms with E-state index in [9.17, 15) is 18.3 Å². The average molecular weight is 328 g/mol. The highest BCUT2D eigenvalue weighted by Crippen LogP contribution is 2.38. The van der Waals surface area contributed by atoms with Crippen molar-refractivity contribution in [1.29, 1.82) is 0 Å². The highest BCUT2D eigenvalue weighted by atomic mass is 32.1. The van der Waals surface area contributed by atoms with E-state index in [-0.39, 0.29) is 0 Å². The van der Waals surface area contributed by atoms with E-state index in [2.05, 4.69) is 0 Å². The first-order chi connectivity index (χ1) is 10.4. The summed E-state index contributed by atoms with van der Waals surface area (Å²) in [6.07, 6.45) is -2.43. The van der Waals surface area contributed by atoms with Crippen LogP contribution in [-0.2, 0) is 12.6 Å². The quantitative estimate of drug-likeness (QED) is 0.732. The van der Waals surface area contributed by atoms with Gasteiger partial charge in [0.15, 0.2) is 0 Å². The second-order valence-corrected chi connectivity index (χ2v) is 6.32. The molecule has 1 aromatic carbocycles. The maximum Gasteiger partial charge on any atom is 0.416 e. The summed E-state index contributed by atoms with van der Waals surface area (Å²) in [5.74, 6) is 0. The second-order valence-electron chi connectivity index (χ2n) is 5.23. The van der Waals surface area contributed by atoms with Crippen LogP contribution in [0, 0.1) is 0 Å². The highest BCUT2D eigenvalue weighted by molar-refractivity contribution is 7.15. The van der Waals surface area contributed by atoms with Gasteiger partial charge in [-0.1, -0.05) is 32.4 Å². The molecule has 0 bridgehead atoms. The number of aliphatic hydroxyl groups is 1. The summed E-state index contributed by atoms with van der Waals surface area (Å²) in [6.45, 7) is 4.03. The number of thiophene rings is 1. The zero-order chi connectivity index (χ0) is 16.3. The summed E-state index contributed by atoms with van der Waals surface area (Å²) in [6, 6.07) is 7.15. The van der Waals surface area contributed by atoms with Crippen molar-refractivity contribution in [2.45, 2.75) is 45.4 Å². The van der Waals surface area contributed by atoms with E-state index < -0.39 is 17.8 Å². The molecule has 1 aromatic heterocycles. The first kappa shape index (κ1) is 17.0. The summed E-state index contributed by atoms with van der Waals surface area (Å²) < 4.78 is 37.8. The topological polar surface area (TPSA) is 20.2 Å². The number of halogens is 3. The van der Waals surface area contributed by atoms with Gasteiger partial charge in [0.1, 0.15) is 0 Å². The molecule has 1 unspecified atom stereocenters. The summed E-state index contributed by atoms with van der Waals surface area (Å²) in [4.78, 5) is 1.83. The van der Waals surface area contributed by atoms with Crippen LogP contribution >= 0.6 is 11.3 Å². The number of alkyl halides is 3. The lowest BCUT2D eigenvalue weighted by molar-refractivity contribution is -0.137. The van der Waals surface area contributed by atoms with Gasteiger partial charge in [-0.25, -0.2) is 0 Å². The predicted molar refractivity (Wildman–Crippen MR) is 84.0 cm³/mol. The van der Waals surface area contributed by atoms with Crippen molar-refractivity contribution >= 4 is 11.3 Å². The van der Waals surface area contributed by atoms with E-state index in [1.807, 2.05) is 19.9 Å². The van der Waals surface area contributed by atoms with Gasteiger partial charge in [-0.2, -0.15) is 13.2 Å². The average Bonchev–Trinajstić information content (AvgIpc) is 2.91. The summed E-state index contributed by atoms with van der Waals surface area (Å²) in [7, 11) is 0. The van der Waals surface area contributed by atoms with Gasteiger partial charge in [0.25, 0.3) is 0 Å². The third-order valence-electron chi connectivity index (χ3n) is 3.58. The van der Waals surface area contributed by atoms with E-state index in [4.69, 9.17) is 0 Å². The van der Waals surface area contributed by atoms with Gasteiger partial charge >= 0.3 is 6.18 Å². The lowest BCUT2D eigenvalue weighted by Crippen LogP contribution is -2.03. The van der Waals surface area contributed by atoms with Crippen molar-refractivity contribution in [3.05, 3.63) is 46.3 Å². The van der Waals surface area contributed by atoms with Gasteiger partial charge in [0.2, 0.25) is 0 Å². The smallest absolute Gasteiger partial charge is 0.388 e. The molecule has 2 aromatic rings. The minimum atomic E-state index is -4.31. The van der Waals surface area contributed by atoms with Crippen LogP contribution in [0.2, 0.25) is 0 Å². The van der Waals surface area contributed by atoms with Crippen LogP contribution < -0.4 is 0 Å². The molecule has 0 saturated heterocycles. The van der Waals surface area contributed by atoms with Crippen LogP contribution in [0.4, 0.5) is 13.2 Å². The summed E-state index contributed by atoms with van der Waals surface area (Å²) in [5.41, 5.74) is 1.18. The molecule has 2 rings (SSSR count). The molecule has 1 atom stereocenters. The minimum absolute atomic E-state index is 0.492. The Morgan fingerprint density at radius 2 is 1.77 bits per heavy atom. The Morgan fingerprint density at radius 1 is 1.14 bits per heavy atom.